The van der Waals surface area contributed by atoms with E-state index >= 15 is 0 Å². The summed E-state index contributed by atoms with van der Waals surface area (Å²) in [5.74, 6) is 0. The molecule has 0 unspecified atom stereocenters. The molecule has 13 heavy (non-hydrogen) atoms. The predicted molar refractivity (Wildman–Crippen MR) is 62.9 cm³/mol. The Morgan fingerprint density at radius 1 is 1.23 bits per heavy atom. The van der Waals surface area contributed by atoms with E-state index in [4.69, 9.17) is 11.6 Å². The van der Waals surface area contributed by atoms with Crippen molar-refractivity contribution in [3.05, 3.63) is 34.2 Å². The fourth-order valence-corrected chi connectivity index (χ4v) is 2.39. The second-order valence-electron chi connectivity index (χ2n) is 2.51. The minimum atomic E-state index is 0.854. The van der Waals surface area contributed by atoms with Crippen molar-refractivity contribution in [3.63, 3.8) is 0 Å². The van der Waals surface area contributed by atoms with Crippen LogP contribution in [0.2, 0.25) is 5.02 Å². The number of hydrogen-bond acceptors (Lipinski definition) is 1. The fraction of sp³-hybridized carbons (Fsp3) is 0.273. The molecule has 2 aromatic rings. The molecule has 1 heterocycles. The monoisotopic (exact) mass is 212 g/mol. The molecule has 2 rings (SSSR count). The quantitative estimate of drug-likeness (QED) is 0.583. The molecule has 70 valence electrons. The first-order valence-corrected chi connectivity index (χ1v) is 5.61. The largest absolute Gasteiger partial charge is 0.141 e. The van der Waals surface area contributed by atoms with Crippen LogP contribution in [0.3, 0.4) is 0 Å². The normalized spacial score (nSPS) is 9.54. The maximum absolute atomic E-state index is 5.98. The SMILES string of the molecule is CC.Cc1cc2c(Cl)cccc2s1. The van der Waals surface area contributed by atoms with Crippen molar-refractivity contribution in [1.29, 1.82) is 0 Å². The predicted octanol–water partition coefficient (Wildman–Crippen LogP) is 4.89. The van der Waals surface area contributed by atoms with Gasteiger partial charge in [0.25, 0.3) is 0 Å². The average Bonchev–Trinajstić information content (AvgIpc) is 2.51. The van der Waals surface area contributed by atoms with Crippen LogP contribution in [0.5, 0.6) is 0 Å². The second-order valence-corrected chi connectivity index (χ2v) is 4.20. The third-order valence-electron chi connectivity index (χ3n) is 1.63. The smallest absolute Gasteiger partial charge is 0.0492 e. The van der Waals surface area contributed by atoms with Crippen molar-refractivity contribution in [2.75, 3.05) is 0 Å². The Hall–Kier alpha value is -0.530. The van der Waals surface area contributed by atoms with Crippen molar-refractivity contribution < 1.29 is 0 Å². The first kappa shape index (κ1) is 10.6. The van der Waals surface area contributed by atoms with Gasteiger partial charge in [0.05, 0.1) is 0 Å². The Kier molecular flexibility index (Phi) is 3.76. The summed E-state index contributed by atoms with van der Waals surface area (Å²) < 4.78 is 1.27. The van der Waals surface area contributed by atoms with E-state index in [2.05, 4.69) is 19.1 Å². The van der Waals surface area contributed by atoms with Gasteiger partial charge in [-0.2, -0.15) is 0 Å². The number of benzene rings is 1. The lowest BCUT2D eigenvalue weighted by molar-refractivity contribution is 1.50. The van der Waals surface area contributed by atoms with Crippen LogP contribution in [0.25, 0.3) is 10.1 Å². The molecule has 0 saturated carbocycles. The lowest BCUT2D eigenvalue weighted by atomic mass is 10.2. The molecule has 0 spiro atoms. The summed E-state index contributed by atoms with van der Waals surface area (Å²) in [6.07, 6.45) is 0. The Morgan fingerprint density at radius 3 is 2.54 bits per heavy atom. The van der Waals surface area contributed by atoms with Crippen LogP contribution in [0.4, 0.5) is 0 Å². The molecule has 0 N–H and O–H groups in total. The third kappa shape index (κ3) is 2.23. The number of halogens is 1. The second kappa shape index (κ2) is 4.64. The van der Waals surface area contributed by atoms with Gasteiger partial charge in [-0.05, 0) is 25.1 Å². The topological polar surface area (TPSA) is 0 Å². The van der Waals surface area contributed by atoms with E-state index in [-0.39, 0.29) is 0 Å². The van der Waals surface area contributed by atoms with Gasteiger partial charge in [-0.1, -0.05) is 31.5 Å². The Labute approximate surface area is 88.2 Å². The average molecular weight is 213 g/mol. The van der Waals surface area contributed by atoms with Crippen LogP contribution in [-0.4, -0.2) is 0 Å². The van der Waals surface area contributed by atoms with E-state index < -0.39 is 0 Å². The molecule has 0 fully saturated rings. The zero-order valence-corrected chi connectivity index (χ0v) is 9.67. The number of fused-ring (bicyclic) bond motifs is 1. The molecule has 0 aliphatic rings. The molecule has 2 heteroatoms. The molecule has 0 radical (unpaired) electrons. The summed E-state index contributed by atoms with van der Waals surface area (Å²) in [5.41, 5.74) is 0. The van der Waals surface area contributed by atoms with E-state index in [1.807, 2.05) is 26.0 Å². The number of aryl methyl sites for hydroxylation is 1. The van der Waals surface area contributed by atoms with Gasteiger partial charge in [-0.15, -0.1) is 11.3 Å². The van der Waals surface area contributed by atoms with Crippen LogP contribution in [-0.2, 0) is 0 Å². The van der Waals surface area contributed by atoms with Crippen molar-refractivity contribution in [2.24, 2.45) is 0 Å². The highest BCUT2D eigenvalue weighted by molar-refractivity contribution is 7.19. The van der Waals surface area contributed by atoms with Crippen LogP contribution >= 0.6 is 22.9 Å². The van der Waals surface area contributed by atoms with Gasteiger partial charge in [-0.25, -0.2) is 0 Å². The van der Waals surface area contributed by atoms with Crippen LogP contribution in [0.1, 0.15) is 18.7 Å². The van der Waals surface area contributed by atoms with E-state index in [1.54, 1.807) is 11.3 Å². The molecule has 1 aromatic carbocycles. The maximum atomic E-state index is 5.98. The first-order chi connectivity index (χ1) is 6.27. The van der Waals surface area contributed by atoms with Crippen LogP contribution in [0.15, 0.2) is 24.3 Å². The summed E-state index contributed by atoms with van der Waals surface area (Å²) in [6, 6.07) is 8.14. The zero-order valence-electron chi connectivity index (χ0n) is 8.10. The molecule has 1 aromatic heterocycles. The van der Waals surface area contributed by atoms with E-state index in [0.717, 1.165) is 5.02 Å². The van der Waals surface area contributed by atoms with Gasteiger partial charge in [0.2, 0.25) is 0 Å². The highest BCUT2D eigenvalue weighted by Gasteiger charge is 2.00. The summed E-state index contributed by atoms with van der Waals surface area (Å²) in [4.78, 5) is 1.31. The van der Waals surface area contributed by atoms with Gasteiger partial charge < -0.3 is 0 Å². The Morgan fingerprint density at radius 2 is 1.92 bits per heavy atom. The van der Waals surface area contributed by atoms with Gasteiger partial charge >= 0.3 is 0 Å². The number of rotatable bonds is 0. The van der Waals surface area contributed by atoms with Gasteiger partial charge in [0.15, 0.2) is 0 Å². The number of thiophene rings is 1. The molecule has 0 nitrogen and oxygen atoms in total. The van der Waals surface area contributed by atoms with E-state index in [9.17, 15) is 0 Å². The lowest BCUT2D eigenvalue weighted by Gasteiger charge is -1.89. The minimum absolute atomic E-state index is 0.854. The lowest BCUT2D eigenvalue weighted by Crippen LogP contribution is -1.62. The molecular weight excluding hydrogens is 200 g/mol. The zero-order chi connectivity index (χ0) is 9.84. The highest BCUT2D eigenvalue weighted by Crippen LogP contribution is 2.30. The van der Waals surface area contributed by atoms with Crippen molar-refractivity contribution in [2.45, 2.75) is 20.8 Å². The first-order valence-electron chi connectivity index (χ1n) is 4.42. The standard InChI is InChI=1S/C9H7ClS.C2H6/c1-6-5-7-8(10)3-2-4-9(7)11-6;1-2/h2-5H,1H3;1-2H3. The molecular formula is C11H13ClS. The highest BCUT2D eigenvalue weighted by atomic mass is 35.5. The molecule has 0 bridgehead atoms. The minimum Gasteiger partial charge on any atom is -0.141 e. The van der Waals surface area contributed by atoms with Gasteiger partial charge in [0, 0.05) is 20.0 Å². The summed E-state index contributed by atoms with van der Waals surface area (Å²) in [6.45, 7) is 6.10. The van der Waals surface area contributed by atoms with Crippen LogP contribution < -0.4 is 0 Å². The molecule has 0 aliphatic heterocycles. The fourth-order valence-electron chi connectivity index (χ4n) is 1.15. The van der Waals surface area contributed by atoms with Gasteiger partial charge in [-0.3, -0.25) is 0 Å². The molecule has 0 atom stereocenters. The van der Waals surface area contributed by atoms with Crippen molar-refractivity contribution in [3.8, 4) is 0 Å². The molecule has 0 saturated heterocycles. The van der Waals surface area contributed by atoms with E-state index in [0.29, 0.717) is 0 Å². The number of hydrogen-bond donors (Lipinski definition) is 0. The van der Waals surface area contributed by atoms with Crippen molar-refractivity contribution in [1.82, 2.24) is 0 Å². The van der Waals surface area contributed by atoms with Gasteiger partial charge in [0.1, 0.15) is 0 Å². The summed E-state index contributed by atoms with van der Waals surface area (Å²) in [5, 5.41) is 2.03. The van der Waals surface area contributed by atoms with E-state index in [1.165, 1.54) is 15.0 Å². The summed E-state index contributed by atoms with van der Waals surface area (Å²) >= 11 is 7.76. The van der Waals surface area contributed by atoms with Crippen molar-refractivity contribution >= 4 is 33.0 Å². The molecule has 0 amide bonds. The summed E-state index contributed by atoms with van der Waals surface area (Å²) in [7, 11) is 0. The van der Waals surface area contributed by atoms with Crippen LogP contribution in [0, 0.1) is 6.92 Å². The third-order valence-corrected chi connectivity index (χ3v) is 2.98. The molecule has 0 aliphatic carbocycles. The Balaban J connectivity index is 0.000000396. The Bertz CT molecular complexity index is 390. The maximum Gasteiger partial charge on any atom is 0.0492 e.